The van der Waals surface area contributed by atoms with E-state index in [1.807, 2.05) is 0 Å². The predicted molar refractivity (Wildman–Crippen MR) is 35.4 cm³/mol. The molecule has 0 aliphatic heterocycles. The highest BCUT2D eigenvalue weighted by molar-refractivity contribution is 5.89. The first-order valence-corrected chi connectivity index (χ1v) is 3.06. The lowest BCUT2D eigenvalue weighted by molar-refractivity contribution is -0.212. The summed E-state index contributed by atoms with van der Waals surface area (Å²) in [4.78, 5) is 10.4. The molecule has 0 radical (unpaired) electrons. The maximum Gasteiger partial charge on any atom is 0.433 e. The Morgan fingerprint density at radius 1 is 1.17 bits per heavy atom. The van der Waals surface area contributed by atoms with Gasteiger partial charge in [0.1, 0.15) is 0 Å². The molecule has 0 spiro atoms. The number of hydrogen-bond donors (Lipinski definition) is 0. The van der Waals surface area contributed by atoms with Crippen molar-refractivity contribution in [2.45, 2.75) is 25.7 Å². The molecule has 0 bridgehead atoms. The van der Waals surface area contributed by atoms with Crippen LogP contribution in [0.15, 0.2) is 12.2 Å². The fourth-order valence-electron chi connectivity index (χ4n) is 0.742. The highest BCUT2D eigenvalue weighted by atomic mass is 19.4. The van der Waals surface area contributed by atoms with E-state index in [1.54, 1.807) is 0 Å². The van der Waals surface area contributed by atoms with Gasteiger partial charge in [0.05, 0.1) is 0 Å². The Morgan fingerprint density at radius 3 is 1.50 bits per heavy atom. The van der Waals surface area contributed by atoms with Crippen LogP contribution in [0, 0.1) is 0 Å². The monoisotopic (exact) mass is 184 g/mol. The summed E-state index contributed by atoms with van der Waals surface area (Å²) >= 11 is 0. The van der Waals surface area contributed by atoms with Crippen molar-refractivity contribution in [1.29, 1.82) is 0 Å². The van der Waals surface area contributed by atoms with E-state index in [-0.39, 0.29) is 0 Å². The number of allylic oxidation sites excluding steroid dienone is 1. The first kappa shape index (κ1) is 11.1. The van der Waals surface area contributed by atoms with Crippen molar-refractivity contribution >= 4 is 5.78 Å². The van der Waals surface area contributed by atoms with Gasteiger partial charge in [-0.3, -0.25) is 4.79 Å². The van der Waals surface area contributed by atoms with Crippen LogP contribution in [0.1, 0.15) is 13.8 Å². The number of carbonyl (C=O) groups is 1. The number of ketones is 1. The van der Waals surface area contributed by atoms with Crippen LogP contribution >= 0.6 is 0 Å². The van der Waals surface area contributed by atoms with Crippen molar-refractivity contribution in [1.82, 2.24) is 0 Å². The summed E-state index contributed by atoms with van der Waals surface area (Å²) in [5.74, 6) is -1.59. The molecule has 0 aromatic heterocycles. The zero-order valence-electron chi connectivity index (χ0n) is 6.63. The maximum atomic E-state index is 13.0. The Hall–Kier alpha value is -0.870. The second-order valence-electron chi connectivity index (χ2n) is 2.49. The van der Waals surface area contributed by atoms with Crippen molar-refractivity contribution in [3.63, 3.8) is 0 Å². The Bertz CT molecular complexity index is 202. The van der Waals surface area contributed by atoms with E-state index < -0.39 is 23.2 Å². The third-order valence-corrected chi connectivity index (χ3v) is 1.46. The minimum absolute atomic E-state index is 0.544. The number of Topliss-reactive ketones (excluding diaryl/α,β-unsaturated/α-hetero) is 1. The Morgan fingerprint density at radius 2 is 1.50 bits per heavy atom. The Balaban J connectivity index is 5.17. The van der Waals surface area contributed by atoms with Gasteiger partial charge in [0.15, 0.2) is 5.78 Å². The summed E-state index contributed by atoms with van der Waals surface area (Å²) in [6.07, 6.45) is -5.22. The molecule has 5 heteroatoms. The Kier molecular flexibility index (Phi) is 2.67. The van der Waals surface area contributed by atoms with E-state index >= 15 is 0 Å². The highest BCUT2D eigenvalue weighted by Gasteiger charge is 2.60. The minimum Gasteiger partial charge on any atom is -0.296 e. The molecule has 0 aliphatic rings. The summed E-state index contributed by atoms with van der Waals surface area (Å²) in [6, 6.07) is 0. The molecule has 0 aromatic carbocycles. The van der Waals surface area contributed by atoms with E-state index in [9.17, 15) is 22.4 Å². The van der Waals surface area contributed by atoms with E-state index in [0.29, 0.717) is 6.92 Å². The van der Waals surface area contributed by atoms with Crippen LogP contribution in [-0.2, 0) is 4.79 Å². The van der Waals surface area contributed by atoms with Gasteiger partial charge in [-0.25, -0.2) is 4.39 Å². The number of halogens is 4. The van der Waals surface area contributed by atoms with E-state index in [0.717, 1.165) is 6.92 Å². The van der Waals surface area contributed by atoms with E-state index in [2.05, 4.69) is 6.58 Å². The number of alkyl halides is 4. The predicted octanol–water partition coefficient (Wildman–Crippen LogP) is 2.42. The smallest absolute Gasteiger partial charge is 0.296 e. The molecule has 0 saturated heterocycles. The van der Waals surface area contributed by atoms with Crippen molar-refractivity contribution in [2.75, 3.05) is 0 Å². The SMILES string of the molecule is C=C(C)C(F)(C(C)=O)C(F)(F)F. The van der Waals surface area contributed by atoms with Crippen LogP contribution in [0.3, 0.4) is 0 Å². The topological polar surface area (TPSA) is 17.1 Å². The van der Waals surface area contributed by atoms with Gasteiger partial charge < -0.3 is 0 Å². The lowest BCUT2D eigenvalue weighted by Gasteiger charge is -2.25. The molecule has 1 atom stereocenters. The van der Waals surface area contributed by atoms with Crippen LogP contribution < -0.4 is 0 Å². The van der Waals surface area contributed by atoms with Crippen LogP contribution in [0.25, 0.3) is 0 Å². The molecule has 0 N–H and O–H groups in total. The normalized spacial score (nSPS) is 16.8. The fourth-order valence-corrected chi connectivity index (χ4v) is 0.742. The third kappa shape index (κ3) is 1.49. The zero-order chi connectivity index (χ0) is 10.2. The Labute approximate surface area is 67.1 Å². The minimum atomic E-state index is -5.22. The van der Waals surface area contributed by atoms with Gasteiger partial charge in [0, 0.05) is 0 Å². The van der Waals surface area contributed by atoms with Gasteiger partial charge in [0.25, 0.3) is 5.67 Å². The van der Waals surface area contributed by atoms with Gasteiger partial charge in [-0.2, -0.15) is 13.2 Å². The molecule has 1 unspecified atom stereocenters. The molecule has 12 heavy (non-hydrogen) atoms. The number of rotatable bonds is 2. The summed E-state index contributed by atoms with van der Waals surface area (Å²) in [7, 11) is 0. The molecule has 0 aliphatic carbocycles. The van der Waals surface area contributed by atoms with Gasteiger partial charge >= 0.3 is 6.18 Å². The van der Waals surface area contributed by atoms with Gasteiger partial charge in [-0.1, -0.05) is 6.58 Å². The van der Waals surface area contributed by atoms with Crippen molar-refractivity contribution in [2.24, 2.45) is 0 Å². The second-order valence-corrected chi connectivity index (χ2v) is 2.49. The summed E-state index contributed by atoms with van der Waals surface area (Å²) in [5, 5.41) is 0. The summed E-state index contributed by atoms with van der Waals surface area (Å²) in [5.41, 5.74) is -4.74. The van der Waals surface area contributed by atoms with Crippen molar-refractivity contribution < 1.29 is 22.4 Å². The van der Waals surface area contributed by atoms with E-state index in [1.165, 1.54) is 0 Å². The summed E-state index contributed by atoms with van der Waals surface area (Å²) < 4.78 is 48.8. The van der Waals surface area contributed by atoms with Crippen LogP contribution in [0.4, 0.5) is 17.6 Å². The highest BCUT2D eigenvalue weighted by Crippen LogP contribution is 2.39. The van der Waals surface area contributed by atoms with Gasteiger partial charge in [-0.15, -0.1) is 0 Å². The van der Waals surface area contributed by atoms with Crippen LogP contribution in [-0.4, -0.2) is 17.6 Å². The number of hydrogen-bond acceptors (Lipinski definition) is 1. The first-order valence-electron chi connectivity index (χ1n) is 3.06. The molecule has 70 valence electrons. The molecule has 0 fully saturated rings. The number of carbonyl (C=O) groups excluding carboxylic acids is 1. The largest absolute Gasteiger partial charge is 0.433 e. The maximum absolute atomic E-state index is 13.0. The molecule has 0 rings (SSSR count). The average molecular weight is 184 g/mol. The quantitative estimate of drug-likeness (QED) is 0.475. The molecule has 0 saturated carbocycles. The first-order chi connectivity index (χ1) is 5.14. The molecule has 0 aromatic rings. The second kappa shape index (κ2) is 2.88. The fraction of sp³-hybridized carbons (Fsp3) is 0.571. The van der Waals surface area contributed by atoms with Crippen LogP contribution in [0.5, 0.6) is 0 Å². The lowest BCUT2D eigenvalue weighted by atomic mass is 9.93. The zero-order valence-corrected chi connectivity index (χ0v) is 6.63. The molecule has 1 nitrogen and oxygen atoms in total. The van der Waals surface area contributed by atoms with Crippen molar-refractivity contribution in [3.05, 3.63) is 12.2 Å². The molecular weight excluding hydrogens is 176 g/mol. The van der Waals surface area contributed by atoms with Crippen LogP contribution in [0.2, 0.25) is 0 Å². The van der Waals surface area contributed by atoms with Gasteiger partial charge in [0.2, 0.25) is 0 Å². The molecular formula is C7H8F4O. The molecule has 0 heterocycles. The van der Waals surface area contributed by atoms with Crippen molar-refractivity contribution in [3.8, 4) is 0 Å². The average Bonchev–Trinajstić information content (AvgIpc) is 1.82. The van der Waals surface area contributed by atoms with Gasteiger partial charge in [-0.05, 0) is 19.4 Å². The third-order valence-electron chi connectivity index (χ3n) is 1.46. The summed E-state index contributed by atoms with van der Waals surface area (Å²) in [6.45, 7) is 4.17. The van der Waals surface area contributed by atoms with E-state index in [4.69, 9.17) is 0 Å². The molecule has 0 amide bonds. The standard InChI is InChI=1S/C7H8F4O/c1-4(2)6(8,5(3)12)7(9,10)11/h1H2,2-3H3. The lowest BCUT2D eigenvalue weighted by Crippen LogP contribution is -2.47.